The minimum absolute atomic E-state index is 0.0336. The zero-order chi connectivity index (χ0) is 21.9. The minimum atomic E-state index is -4.58. The van der Waals surface area contributed by atoms with E-state index in [4.69, 9.17) is 16.3 Å². The molecule has 2 atom stereocenters. The Bertz CT molecular complexity index is 940. The fraction of sp³-hybridized carbons (Fsp3) is 0.278. The van der Waals surface area contributed by atoms with Crippen molar-refractivity contribution >= 4 is 23.5 Å². The standard InChI is InChI=1S/C18H15ClF4N4O3/c19-11-5-9(1-3-12(11)20)14(26-16(28)13-7-25-17(29)27-13)8-30-10-2-4-15(24-6-10)18(21,22)23/h1-6,13-14H,7-8H2,(H,26,28)(H2,25,27,29). The topological polar surface area (TPSA) is 92.4 Å². The highest BCUT2D eigenvalue weighted by molar-refractivity contribution is 6.30. The Kier molecular flexibility index (Phi) is 6.30. The quantitative estimate of drug-likeness (QED) is 0.595. The van der Waals surface area contributed by atoms with Gasteiger partial charge in [-0.15, -0.1) is 0 Å². The second-order valence-electron chi connectivity index (χ2n) is 6.33. The van der Waals surface area contributed by atoms with Crippen molar-refractivity contribution in [2.45, 2.75) is 18.3 Å². The third kappa shape index (κ3) is 5.29. The van der Waals surface area contributed by atoms with E-state index in [2.05, 4.69) is 20.9 Å². The van der Waals surface area contributed by atoms with Gasteiger partial charge in [0.25, 0.3) is 0 Å². The monoisotopic (exact) mass is 446 g/mol. The number of nitrogens with zero attached hydrogens (tertiary/aromatic N) is 1. The van der Waals surface area contributed by atoms with Crippen LogP contribution in [-0.4, -0.2) is 36.1 Å². The molecule has 7 nitrogen and oxygen atoms in total. The summed E-state index contributed by atoms with van der Waals surface area (Å²) >= 11 is 5.81. The molecule has 2 unspecified atom stereocenters. The molecule has 30 heavy (non-hydrogen) atoms. The van der Waals surface area contributed by atoms with Crippen LogP contribution in [0.5, 0.6) is 5.75 Å². The molecule has 1 aromatic heterocycles. The summed E-state index contributed by atoms with van der Waals surface area (Å²) in [5, 5.41) is 7.33. The molecule has 3 N–H and O–H groups in total. The number of urea groups is 1. The van der Waals surface area contributed by atoms with Crippen LogP contribution in [0.15, 0.2) is 36.5 Å². The van der Waals surface area contributed by atoms with Crippen LogP contribution in [0, 0.1) is 5.82 Å². The molecule has 0 radical (unpaired) electrons. The van der Waals surface area contributed by atoms with Crippen molar-refractivity contribution in [3.63, 3.8) is 0 Å². The van der Waals surface area contributed by atoms with E-state index in [1.807, 2.05) is 0 Å². The number of benzene rings is 1. The minimum Gasteiger partial charge on any atom is -0.489 e. The van der Waals surface area contributed by atoms with Crippen LogP contribution in [0.1, 0.15) is 17.3 Å². The number of carbonyl (C=O) groups is 2. The first-order chi connectivity index (χ1) is 14.1. The number of pyridine rings is 1. The molecule has 3 amide bonds. The maximum atomic E-state index is 13.5. The van der Waals surface area contributed by atoms with Crippen molar-refractivity contribution in [1.82, 2.24) is 20.9 Å². The van der Waals surface area contributed by atoms with E-state index in [-0.39, 0.29) is 23.9 Å². The van der Waals surface area contributed by atoms with Gasteiger partial charge in [-0.25, -0.2) is 14.2 Å². The molecule has 12 heteroatoms. The lowest BCUT2D eigenvalue weighted by Gasteiger charge is -2.22. The normalized spacial score (nSPS) is 17.1. The van der Waals surface area contributed by atoms with E-state index < -0.39 is 41.7 Å². The average molecular weight is 447 g/mol. The number of alkyl halides is 3. The molecular formula is C18H15ClF4N4O3. The van der Waals surface area contributed by atoms with Gasteiger partial charge in [0.1, 0.15) is 29.9 Å². The number of aromatic nitrogens is 1. The summed E-state index contributed by atoms with van der Waals surface area (Å²) in [6.45, 7) is -0.139. The molecule has 1 aliphatic rings. The van der Waals surface area contributed by atoms with Gasteiger partial charge in [-0.2, -0.15) is 13.2 Å². The summed E-state index contributed by atoms with van der Waals surface area (Å²) in [5.74, 6) is -1.16. The Balaban J connectivity index is 1.74. The number of rotatable bonds is 6. The number of nitrogens with one attached hydrogen (secondary N) is 3. The predicted octanol–water partition coefficient (Wildman–Crippen LogP) is 2.81. The van der Waals surface area contributed by atoms with Gasteiger partial charge in [0.05, 0.1) is 17.3 Å². The molecule has 1 saturated heterocycles. The number of amides is 3. The van der Waals surface area contributed by atoms with Gasteiger partial charge < -0.3 is 20.7 Å². The van der Waals surface area contributed by atoms with E-state index in [1.54, 1.807) is 0 Å². The average Bonchev–Trinajstić information content (AvgIpc) is 3.13. The van der Waals surface area contributed by atoms with Gasteiger partial charge in [0.15, 0.2) is 0 Å². The van der Waals surface area contributed by atoms with Crippen LogP contribution in [0.4, 0.5) is 22.4 Å². The number of ether oxygens (including phenoxy) is 1. The lowest BCUT2D eigenvalue weighted by molar-refractivity contribution is -0.141. The van der Waals surface area contributed by atoms with Gasteiger partial charge in [-0.05, 0) is 29.8 Å². The van der Waals surface area contributed by atoms with Crippen molar-refractivity contribution in [2.24, 2.45) is 0 Å². The first kappa shape index (κ1) is 21.6. The van der Waals surface area contributed by atoms with Crippen LogP contribution in [0.2, 0.25) is 5.02 Å². The zero-order valence-electron chi connectivity index (χ0n) is 15.1. The molecule has 2 aromatic rings. The first-order valence-corrected chi connectivity index (χ1v) is 8.97. The highest BCUT2D eigenvalue weighted by Gasteiger charge is 2.32. The largest absolute Gasteiger partial charge is 0.489 e. The zero-order valence-corrected chi connectivity index (χ0v) is 15.9. The molecule has 3 rings (SSSR count). The molecular weight excluding hydrogens is 432 g/mol. The Morgan fingerprint density at radius 3 is 2.67 bits per heavy atom. The third-order valence-electron chi connectivity index (χ3n) is 4.19. The first-order valence-electron chi connectivity index (χ1n) is 8.59. The molecule has 160 valence electrons. The van der Waals surface area contributed by atoms with E-state index in [1.165, 1.54) is 12.1 Å². The fourth-order valence-corrected chi connectivity index (χ4v) is 2.84. The number of halogens is 5. The predicted molar refractivity (Wildman–Crippen MR) is 97.4 cm³/mol. The summed E-state index contributed by atoms with van der Waals surface area (Å²) in [4.78, 5) is 27.0. The second kappa shape index (κ2) is 8.74. The van der Waals surface area contributed by atoms with E-state index in [0.29, 0.717) is 5.56 Å². The van der Waals surface area contributed by atoms with E-state index in [0.717, 1.165) is 24.4 Å². The number of hydrogen-bond acceptors (Lipinski definition) is 4. The summed E-state index contributed by atoms with van der Waals surface area (Å²) in [5.41, 5.74) is -0.679. The van der Waals surface area contributed by atoms with Crippen LogP contribution in [0.3, 0.4) is 0 Å². The van der Waals surface area contributed by atoms with Crippen LogP contribution >= 0.6 is 11.6 Å². The lowest BCUT2D eigenvalue weighted by atomic mass is 10.1. The Hall–Kier alpha value is -3.08. The summed E-state index contributed by atoms with van der Waals surface area (Å²) in [6, 6.07) is 3.47. The van der Waals surface area contributed by atoms with E-state index in [9.17, 15) is 27.2 Å². The van der Waals surface area contributed by atoms with Crippen molar-refractivity contribution < 1.29 is 31.9 Å². The number of carbonyl (C=O) groups excluding carboxylic acids is 2. The second-order valence-corrected chi connectivity index (χ2v) is 6.74. The highest BCUT2D eigenvalue weighted by Crippen LogP contribution is 2.28. The smallest absolute Gasteiger partial charge is 0.433 e. The lowest BCUT2D eigenvalue weighted by Crippen LogP contribution is -2.45. The summed E-state index contributed by atoms with van der Waals surface area (Å²) < 4.78 is 56.8. The maximum Gasteiger partial charge on any atom is 0.433 e. The summed E-state index contributed by atoms with van der Waals surface area (Å²) in [6.07, 6.45) is -3.68. The van der Waals surface area contributed by atoms with Crippen LogP contribution in [-0.2, 0) is 11.0 Å². The van der Waals surface area contributed by atoms with Gasteiger partial charge in [-0.1, -0.05) is 17.7 Å². The van der Waals surface area contributed by atoms with Crippen molar-refractivity contribution in [1.29, 1.82) is 0 Å². The van der Waals surface area contributed by atoms with Crippen molar-refractivity contribution in [3.8, 4) is 5.75 Å². The van der Waals surface area contributed by atoms with Gasteiger partial charge in [0.2, 0.25) is 5.91 Å². The Morgan fingerprint density at radius 2 is 2.10 bits per heavy atom. The van der Waals surface area contributed by atoms with Gasteiger partial charge in [0, 0.05) is 6.54 Å². The molecule has 0 saturated carbocycles. The fourth-order valence-electron chi connectivity index (χ4n) is 2.65. The van der Waals surface area contributed by atoms with E-state index >= 15 is 0 Å². The van der Waals surface area contributed by atoms with Crippen LogP contribution < -0.4 is 20.7 Å². The molecule has 1 aliphatic heterocycles. The molecule has 0 aliphatic carbocycles. The SMILES string of the molecule is O=C1NCC(C(=O)NC(COc2ccc(C(F)(F)F)nc2)c2ccc(F)c(Cl)c2)N1. The van der Waals surface area contributed by atoms with Crippen molar-refractivity contribution in [2.75, 3.05) is 13.2 Å². The van der Waals surface area contributed by atoms with Gasteiger partial charge in [-0.3, -0.25) is 4.79 Å². The molecule has 0 bridgehead atoms. The molecule has 1 fully saturated rings. The van der Waals surface area contributed by atoms with Crippen molar-refractivity contribution in [3.05, 3.63) is 58.6 Å². The molecule has 0 spiro atoms. The highest BCUT2D eigenvalue weighted by atomic mass is 35.5. The maximum absolute atomic E-state index is 13.5. The van der Waals surface area contributed by atoms with Gasteiger partial charge >= 0.3 is 12.2 Å². The molecule has 2 heterocycles. The number of hydrogen-bond donors (Lipinski definition) is 3. The third-order valence-corrected chi connectivity index (χ3v) is 4.48. The summed E-state index contributed by atoms with van der Waals surface area (Å²) in [7, 11) is 0. The van der Waals surface area contributed by atoms with Crippen LogP contribution in [0.25, 0.3) is 0 Å². The Morgan fingerprint density at radius 1 is 1.33 bits per heavy atom. The molecule has 1 aromatic carbocycles. The Labute approximate surface area is 172 Å².